The van der Waals surface area contributed by atoms with Crippen LogP contribution in [-0.4, -0.2) is 6.54 Å². The molecule has 18 heavy (non-hydrogen) atoms. The van der Waals surface area contributed by atoms with Crippen LogP contribution in [0.4, 0.5) is 10.1 Å². The monoisotopic (exact) mass is 328 g/mol. The molecule has 0 aliphatic heterocycles. The number of thiophene rings is 1. The first-order valence-electron chi connectivity index (χ1n) is 5.57. The minimum Gasteiger partial charge on any atom is -0.376 e. The summed E-state index contributed by atoms with van der Waals surface area (Å²) < 4.78 is 13.6. The second kappa shape index (κ2) is 5.82. The molecule has 0 saturated carbocycles. The van der Waals surface area contributed by atoms with Gasteiger partial charge in [0.15, 0.2) is 0 Å². The maximum absolute atomic E-state index is 13.2. The third-order valence-corrected chi connectivity index (χ3v) is 4.45. The average molecular weight is 329 g/mol. The molecule has 0 saturated heterocycles. The summed E-state index contributed by atoms with van der Waals surface area (Å²) in [6, 6.07) is 7.00. The van der Waals surface area contributed by atoms with E-state index in [0.29, 0.717) is 11.0 Å². The van der Waals surface area contributed by atoms with Crippen molar-refractivity contribution >= 4 is 33.0 Å². The maximum atomic E-state index is 13.2. The lowest BCUT2D eigenvalue weighted by molar-refractivity contribution is 0.621. The number of nitrogens with one attached hydrogen (secondary N) is 1. The summed E-state index contributed by atoms with van der Waals surface area (Å²) in [6.45, 7) is 2.56. The summed E-state index contributed by atoms with van der Waals surface area (Å²) >= 11 is 4.86. The number of hydrogen-bond donors (Lipinski definition) is 2. The van der Waals surface area contributed by atoms with Gasteiger partial charge in [-0.3, -0.25) is 0 Å². The number of hydrogen-bond acceptors (Lipinski definition) is 3. The van der Waals surface area contributed by atoms with Crippen LogP contribution in [0.1, 0.15) is 16.5 Å². The highest BCUT2D eigenvalue weighted by Crippen LogP contribution is 2.28. The minimum absolute atomic E-state index is 0.0577. The largest absolute Gasteiger partial charge is 0.376 e. The van der Waals surface area contributed by atoms with Crippen molar-refractivity contribution in [3.63, 3.8) is 0 Å². The van der Waals surface area contributed by atoms with Crippen molar-refractivity contribution in [3.8, 4) is 0 Å². The number of rotatable bonds is 4. The summed E-state index contributed by atoms with van der Waals surface area (Å²) in [5, 5.41) is 5.38. The maximum Gasteiger partial charge on any atom is 0.137 e. The Labute approximate surface area is 118 Å². The van der Waals surface area contributed by atoms with Crippen LogP contribution in [0.5, 0.6) is 0 Å². The molecule has 0 amide bonds. The fraction of sp³-hybridized carbons (Fsp3) is 0.231. The van der Waals surface area contributed by atoms with Crippen molar-refractivity contribution in [1.29, 1.82) is 0 Å². The van der Waals surface area contributed by atoms with E-state index >= 15 is 0 Å². The molecule has 1 atom stereocenters. The van der Waals surface area contributed by atoms with Crippen molar-refractivity contribution < 1.29 is 4.39 Å². The van der Waals surface area contributed by atoms with E-state index < -0.39 is 0 Å². The smallest absolute Gasteiger partial charge is 0.137 e. The highest BCUT2D eigenvalue weighted by Gasteiger charge is 2.13. The van der Waals surface area contributed by atoms with Gasteiger partial charge in [0.2, 0.25) is 0 Å². The second-order valence-corrected chi connectivity index (χ2v) is 5.83. The van der Waals surface area contributed by atoms with Crippen LogP contribution < -0.4 is 11.1 Å². The zero-order valence-electron chi connectivity index (χ0n) is 9.91. The molecule has 0 aliphatic rings. The molecule has 1 heterocycles. The van der Waals surface area contributed by atoms with Gasteiger partial charge in [-0.15, -0.1) is 11.3 Å². The topological polar surface area (TPSA) is 38.0 Å². The average Bonchev–Trinajstić information content (AvgIpc) is 2.77. The third-order valence-electron chi connectivity index (χ3n) is 2.71. The SMILES string of the molecule is Cc1ccsc1C(CN)Nc1ccc(F)c(Br)c1. The number of nitrogens with two attached hydrogens (primary N) is 1. The summed E-state index contributed by atoms with van der Waals surface area (Å²) in [5.74, 6) is -0.267. The first-order valence-corrected chi connectivity index (χ1v) is 7.24. The van der Waals surface area contributed by atoms with Crippen LogP contribution in [0.25, 0.3) is 0 Å². The van der Waals surface area contributed by atoms with Gasteiger partial charge in [-0.05, 0) is 58.1 Å². The molecule has 2 aromatic rings. The number of halogens is 2. The highest BCUT2D eigenvalue weighted by atomic mass is 79.9. The summed E-state index contributed by atoms with van der Waals surface area (Å²) in [6.07, 6.45) is 0. The minimum atomic E-state index is -0.267. The summed E-state index contributed by atoms with van der Waals surface area (Å²) in [7, 11) is 0. The van der Waals surface area contributed by atoms with E-state index in [4.69, 9.17) is 5.73 Å². The number of aryl methyl sites for hydroxylation is 1. The van der Waals surface area contributed by atoms with Crippen LogP contribution >= 0.6 is 27.3 Å². The van der Waals surface area contributed by atoms with Crippen molar-refractivity contribution in [2.24, 2.45) is 5.73 Å². The predicted octanol–water partition coefficient (Wildman–Crippen LogP) is 4.07. The van der Waals surface area contributed by atoms with E-state index in [0.717, 1.165) is 5.69 Å². The van der Waals surface area contributed by atoms with E-state index in [2.05, 4.69) is 39.6 Å². The van der Waals surface area contributed by atoms with Crippen LogP contribution in [0.3, 0.4) is 0 Å². The normalized spacial score (nSPS) is 12.4. The molecular weight excluding hydrogens is 315 g/mol. The third kappa shape index (κ3) is 2.91. The molecule has 0 bridgehead atoms. The Morgan fingerprint density at radius 1 is 1.44 bits per heavy atom. The quantitative estimate of drug-likeness (QED) is 0.887. The molecule has 2 nitrogen and oxygen atoms in total. The van der Waals surface area contributed by atoms with Crippen molar-refractivity contribution in [1.82, 2.24) is 0 Å². The van der Waals surface area contributed by atoms with E-state index in [-0.39, 0.29) is 11.9 Å². The van der Waals surface area contributed by atoms with Crippen LogP contribution in [0.2, 0.25) is 0 Å². The molecule has 0 aliphatic carbocycles. The molecule has 1 unspecified atom stereocenters. The Bertz CT molecular complexity index is 542. The van der Waals surface area contributed by atoms with Gasteiger partial charge >= 0.3 is 0 Å². The van der Waals surface area contributed by atoms with Crippen LogP contribution in [0.15, 0.2) is 34.1 Å². The number of anilines is 1. The lowest BCUT2D eigenvalue weighted by Crippen LogP contribution is -2.20. The van der Waals surface area contributed by atoms with Crippen LogP contribution in [-0.2, 0) is 0 Å². The molecule has 96 valence electrons. The van der Waals surface area contributed by atoms with Gasteiger partial charge < -0.3 is 11.1 Å². The summed E-state index contributed by atoms with van der Waals surface area (Å²) in [4.78, 5) is 1.22. The van der Waals surface area contributed by atoms with E-state index in [1.807, 2.05) is 0 Å². The van der Waals surface area contributed by atoms with E-state index in [1.54, 1.807) is 23.5 Å². The molecule has 0 radical (unpaired) electrons. The van der Waals surface area contributed by atoms with Crippen molar-refractivity contribution in [2.75, 3.05) is 11.9 Å². The Morgan fingerprint density at radius 3 is 2.78 bits per heavy atom. The Morgan fingerprint density at radius 2 is 2.22 bits per heavy atom. The van der Waals surface area contributed by atoms with Gasteiger partial charge in [0, 0.05) is 17.1 Å². The Hall–Kier alpha value is -0.910. The highest BCUT2D eigenvalue weighted by molar-refractivity contribution is 9.10. The molecule has 1 aromatic carbocycles. The number of benzene rings is 1. The van der Waals surface area contributed by atoms with E-state index in [1.165, 1.54) is 16.5 Å². The van der Waals surface area contributed by atoms with Gasteiger partial charge in [0.1, 0.15) is 5.82 Å². The zero-order chi connectivity index (χ0) is 13.1. The Balaban J connectivity index is 2.20. The van der Waals surface area contributed by atoms with Gasteiger partial charge in [0.25, 0.3) is 0 Å². The van der Waals surface area contributed by atoms with Gasteiger partial charge in [0.05, 0.1) is 10.5 Å². The molecule has 5 heteroatoms. The van der Waals surface area contributed by atoms with Crippen molar-refractivity contribution in [2.45, 2.75) is 13.0 Å². The predicted molar refractivity (Wildman–Crippen MR) is 78.6 cm³/mol. The lowest BCUT2D eigenvalue weighted by atomic mass is 10.1. The zero-order valence-corrected chi connectivity index (χ0v) is 12.3. The van der Waals surface area contributed by atoms with Gasteiger partial charge in [-0.25, -0.2) is 4.39 Å². The molecule has 3 N–H and O–H groups in total. The van der Waals surface area contributed by atoms with Crippen LogP contribution in [0, 0.1) is 12.7 Å². The van der Waals surface area contributed by atoms with Crippen molar-refractivity contribution in [3.05, 3.63) is 50.4 Å². The molecule has 2 rings (SSSR count). The standard InChI is InChI=1S/C13H14BrFN2S/c1-8-4-5-18-13(8)12(7-16)17-9-2-3-11(15)10(14)6-9/h2-6,12,17H,7,16H2,1H3. The fourth-order valence-corrected chi connectivity index (χ4v) is 3.13. The lowest BCUT2D eigenvalue weighted by Gasteiger charge is -2.18. The van der Waals surface area contributed by atoms with E-state index in [9.17, 15) is 4.39 Å². The molecular formula is C13H14BrFN2S. The first-order chi connectivity index (χ1) is 8.61. The van der Waals surface area contributed by atoms with Gasteiger partial charge in [-0.2, -0.15) is 0 Å². The fourth-order valence-electron chi connectivity index (χ4n) is 1.76. The Kier molecular flexibility index (Phi) is 4.37. The molecule has 0 spiro atoms. The second-order valence-electron chi connectivity index (χ2n) is 4.03. The molecule has 0 fully saturated rings. The van der Waals surface area contributed by atoms with Gasteiger partial charge in [-0.1, -0.05) is 0 Å². The molecule has 1 aromatic heterocycles. The summed E-state index contributed by atoms with van der Waals surface area (Å²) in [5.41, 5.74) is 7.89. The first kappa shape index (κ1) is 13.5.